The Morgan fingerprint density at radius 1 is 1.07 bits per heavy atom. The number of carbonyl (C=O) groups excluding carboxylic acids is 2. The lowest BCUT2D eigenvalue weighted by molar-refractivity contribution is -0.125. The monoisotopic (exact) mass is 384 g/mol. The van der Waals surface area contributed by atoms with E-state index in [0.717, 1.165) is 29.8 Å². The molecule has 6 heteroatoms. The Balaban J connectivity index is 1.83. The number of hydrogen-bond acceptors (Lipinski definition) is 5. The van der Waals surface area contributed by atoms with Crippen LogP contribution >= 0.6 is 0 Å². The van der Waals surface area contributed by atoms with Crippen molar-refractivity contribution in [2.24, 2.45) is 0 Å². The summed E-state index contributed by atoms with van der Waals surface area (Å²) in [7, 11) is 4.95. The first-order valence-corrected chi connectivity index (χ1v) is 9.23. The second-order valence-corrected chi connectivity index (χ2v) is 6.62. The Labute approximate surface area is 166 Å². The molecule has 1 N–H and O–H groups in total. The summed E-state index contributed by atoms with van der Waals surface area (Å²) >= 11 is 0. The van der Waals surface area contributed by atoms with Gasteiger partial charge in [-0.05, 0) is 49.7 Å². The van der Waals surface area contributed by atoms with Crippen molar-refractivity contribution in [1.29, 1.82) is 0 Å². The highest BCUT2D eigenvalue weighted by Gasteiger charge is 2.18. The molecule has 0 saturated carbocycles. The van der Waals surface area contributed by atoms with E-state index < -0.39 is 0 Å². The van der Waals surface area contributed by atoms with Crippen molar-refractivity contribution < 1.29 is 19.1 Å². The molecule has 1 atom stereocenters. The number of amides is 1. The van der Waals surface area contributed by atoms with Crippen LogP contribution in [0.1, 0.15) is 28.4 Å². The summed E-state index contributed by atoms with van der Waals surface area (Å²) in [6, 6.07) is 14.6. The molecule has 6 nitrogen and oxygen atoms in total. The minimum atomic E-state index is -0.374. The highest BCUT2D eigenvalue weighted by Crippen LogP contribution is 2.18. The minimum absolute atomic E-state index is 0.0421. The predicted molar refractivity (Wildman–Crippen MR) is 108 cm³/mol. The molecule has 0 spiro atoms. The number of methoxy groups -OCH3 is 2. The van der Waals surface area contributed by atoms with E-state index in [2.05, 4.69) is 10.1 Å². The maximum Gasteiger partial charge on any atom is 0.337 e. The van der Waals surface area contributed by atoms with Gasteiger partial charge in [-0.25, -0.2) is 4.79 Å². The second kappa shape index (κ2) is 10.5. The number of benzene rings is 2. The lowest BCUT2D eigenvalue weighted by atomic mass is 10.1. The molecule has 0 saturated heterocycles. The number of esters is 1. The first-order valence-electron chi connectivity index (χ1n) is 9.23. The average molecular weight is 384 g/mol. The zero-order valence-corrected chi connectivity index (χ0v) is 16.9. The Kier molecular flexibility index (Phi) is 8.02. The molecular weight excluding hydrogens is 356 g/mol. The van der Waals surface area contributed by atoms with E-state index in [9.17, 15) is 9.59 Å². The SMILES string of the molecule is COC(=O)c1ccc(CNC(=O)C(C)N(C)CCc2ccccc2OC)cc1. The van der Waals surface area contributed by atoms with Crippen molar-refractivity contribution in [3.05, 3.63) is 65.2 Å². The van der Waals surface area contributed by atoms with E-state index in [1.165, 1.54) is 7.11 Å². The molecule has 1 unspecified atom stereocenters. The van der Waals surface area contributed by atoms with E-state index in [4.69, 9.17) is 4.74 Å². The van der Waals surface area contributed by atoms with Crippen LogP contribution < -0.4 is 10.1 Å². The third kappa shape index (κ3) is 5.82. The number of nitrogens with zero attached hydrogens (tertiary/aromatic N) is 1. The summed E-state index contributed by atoms with van der Waals surface area (Å²) in [5.41, 5.74) is 2.53. The first kappa shape index (κ1) is 21.4. The lowest BCUT2D eigenvalue weighted by Crippen LogP contribution is -2.43. The van der Waals surface area contributed by atoms with Gasteiger partial charge in [0.25, 0.3) is 0 Å². The van der Waals surface area contributed by atoms with Crippen LogP contribution in [0, 0.1) is 0 Å². The van der Waals surface area contributed by atoms with E-state index >= 15 is 0 Å². The first-order chi connectivity index (χ1) is 13.5. The van der Waals surface area contributed by atoms with Gasteiger partial charge in [-0.3, -0.25) is 9.69 Å². The molecule has 0 aromatic heterocycles. The van der Waals surface area contributed by atoms with Crippen LogP contribution in [-0.4, -0.2) is 50.6 Å². The molecular formula is C22H28N2O4. The van der Waals surface area contributed by atoms with Crippen LogP contribution in [0.3, 0.4) is 0 Å². The molecule has 0 bridgehead atoms. The standard InChI is InChI=1S/C22H28N2O4/c1-16(24(2)14-13-18-7-5-6-8-20(18)27-3)21(25)23-15-17-9-11-19(12-10-17)22(26)28-4/h5-12,16H,13-15H2,1-4H3,(H,23,25). The number of nitrogens with one attached hydrogen (secondary N) is 1. The number of para-hydroxylation sites is 1. The largest absolute Gasteiger partial charge is 0.496 e. The van der Waals surface area contributed by atoms with Gasteiger partial charge < -0.3 is 14.8 Å². The van der Waals surface area contributed by atoms with E-state index in [0.29, 0.717) is 12.1 Å². The van der Waals surface area contributed by atoms with Gasteiger partial charge in [-0.15, -0.1) is 0 Å². The van der Waals surface area contributed by atoms with Crippen molar-refractivity contribution in [1.82, 2.24) is 10.2 Å². The maximum absolute atomic E-state index is 12.5. The number of ether oxygens (including phenoxy) is 2. The van der Waals surface area contributed by atoms with Crippen molar-refractivity contribution >= 4 is 11.9 Å². The minimum Gasteiger partial charge on any atom is -0.496 e. The Bertz CT molecular complexity index is 789. The third-order valence-electron chi connectivity index (χ3n) is 4.81. The summed E-state index contributed by atoms with van der Waals surface area (Å²) in [6.07, 6.45) is 0.799. The average Bonchev–Trinajstić information content (AvgIpc) is 2.75. The normalized spacial score (nSPS) is 11.8. The fourth-order valence-electron chi connectivity index (χ4n) is 2.81. The highest BCUT2D eigenvalue weighted by atomic mass is 16.5. The molecule has 0 aliphatic carbocycles. The number of hydrogen-bond donors (Lipinski definition) is 1. The summed E-state index contributed by atoms with van der Waals surface area (Å²) in [6.45, 7) is 3.03. The molecule has 28 heavy (non-hydrogen) atoms. The Morgan fingerprint density at radius 3 is 2.39 bits per heavy atom. The van der Waals surface area contributed by atoms with Crippen LogP contribution in [0.15, 0.2) is 48.5 Å². The summed E-state index contributed by atoms with van der Waals surface area (Å²) in [4.78, 5) is 25.9. The highest BCUT2D eigenvalue weighted by molar-refractivity contribution is 5.89. The quantitative estimate of drug-likeness (QED) is 0.673. The summed E-state index contributed by atoms with van der Waals surface area (Å²) in [5.74, 6) is 0.448. The van der Waals surface area contributed by atoms with Crippen LogP contribution in [0.25, 0.3) is 0 Å². The van der Waals surface area contributed by atoms with Gasteiger partial charge in [0.1, 0.15) is 5.75 Å². The van der Waals surface area contributed by atoms with Crippen LogP contribution in [0.4, 0.5) is 0 Å². The lowest BCUT2D eigenvalue weighted by Gasteiger charge is -2.24. The van der Waals surface area contributed by atoms with E-state index in [-0.39, 0.29) is 17.9 Å². The maximum atomic E-state index is 12.5. The summed E-state index contributed by atoms with van der Waals surface area (Å²) in [5, 5.41) is 2.94. The van der Waals surface area contributed by atoms with E-state index in [1.54, 1.807) is 19.2 Å². The molecule has 150 valence electrons. The molecule has 2 rings (SSSR count). The van der Waals surface area contributed by atoms with Gasteiger partial charge in [0.05, 0.1) is 25.8 Å². The molecule has 0 heterocycles. The Morgan fingerprint density at radius 2 is 1.75 bits per heavy atom. The van der Waals surface area contributed by atoms with Crippen molar-refractivity contribution in [2.75, 3.05) is 27.8 Å². The van der Waals surface area contributed by atoms with Gasteiger partial charge in [0, 0.05) is 13.1 Å². The second-order valence-electron chi connectivity index (χ2n) is 6.62. The Hall–Kier alpha value is -2.86. The van der Waals surface area contributed by atoms with E-state index in [1.807, 2.05) is 55.3 Å². The van der Waals surface area contributed by atoms with Crippen LogP contribution in [0.5, 0.6) is 5.75 Å². The molecule has 2 aromatic rings. The number of carbonyl (C=O) groups is 2. The zero-order valence-electron chi connectivity index (χ0n) is 16.9. The van der Waals surface area contributed by atoms with Crippen molar-refractivity contribution in [3.63, 3.8) is 0 Å². The molecule has 0 aliphatic rings. The van der Waals surface area contributed by atoms with Crippen LogP contribution in [-0.2, 0) is 22.5 Å². The van der Waals surface area contributed by atoms with Gasteiger partial charge in [0.15, 0.2) is 0 Å². The van der Waals surface area contributed by atoms with Crippen molar-refractivity contribution in [2.45, 2.75) is 25.9 Å². The smallest absolute Gasteiger partial charge is 0.337 e. The third-order valence-corrected chi connectivity index (χ3v) is 4.81. The van der Waals surface area contributed by atoms with Crippen molar-refractivity contribution in [3.8, 4) is 5.75 Å². The van der Waals surface area contributed by atoms with Gasteiger partial charge >= 0.3 is 5.97 Å². The molecule has 0 radical (unpaired) electrons. The number of rotatable bonds is 9. The predicted octanol–water partition coefficient (Wildman–Crippen LogP) is 2.66. The fraction of sp³-hybridized carbons (Fsp3) is 0.364. The van der Waals surface area contributed by atoms with Gasteiger partial charge in [-0.2, -0.15) is 0 Å². The molecule has 1 amide bonds. The van der Waals surface area contributed by atoms with Gasteiger partial charge in [0.2, 0.25) is 5.91 Å². The molecule has 0 fully saturated rings. The van der Waals surface area contributed by atoms with Crippen LogP contribution in [0.2, 0.25) is 0 Å². The fourth-order valence-corrected chi connectivity index (χ4v) is 2.81. The molecule has 2 aromatic carbocycles. The number of likely N-dealkylation sites (N-methyl/N-ethyl adjacent to an activating group) is 1. The topological polar surface area (TPSA) is 67.9 Å². The summed E-state index contributed by atoms with van der Waals surface area (Å²) < 4.78 is 10.1. The van der Waals surface area contributed by atoms with Gasteiger partial charge in [-0.1, -0.05) is 30.3 Å². The molecule has 0 aliphatic heterocycles. The zero-order chi connectivity index (χ0) is 20.5.